The van der Waals surface area contributed by atoms with Crippen LogP contribution in [0.15, 0.2) is 30.5 Å². The Bertz CT molecular complexity index is 792. The summed E-state index contributed by atoms with van der Waals surface area (Å²) < 4.78 is 16.4. The second-order valence-corrected chi connectivity index (χ2v) is 6.60. The van der Waals surface area contributed by atoms with E-state index in [1.54, 1.807) is 11.0 Å². The number of hydrogen-bond acceptors (Lipinski definition) is 2. The van der Waals surface area contributed by atoms with Gasteiger partial charge in [-0.15, -0.1) is 0 Å². The smallest absolute Gasteiger partial charge is 0.209 e. The monoisotopic (exact) mass is 343 g/mol. The lowest BCUT2D eigenvalue weighted by Crippen LogP contribution is -2.41. The van der Waals surface area contributed by atoms with E-state index >= 15 is 0 Å². The van der Waals surface area contributed by atoms with E-state index < -0.39 is 0 Å². The maximum absolute atomic E-state index is 14.2. The molecule has 25 heavy (non-hydrogen) atoms. The minimum absolute atomic E-state index is 0.0892. The topological polar surface area (TPSA) is 28.5 Å². The van der Waals surface area contributed by atoms with Crippen molar-refractivity contribution in [2.45, 2.75) is 32.9 Å². The minimum Gasteiger partial charge on any atom is -0.346 e. The van der Waals surface area contributed by atoms with E-state index in [0.717, 1.165) is 55.5 Å². The average molecular weight is 343 g/mol. The van der Waals surface area contributed by atoms with Crippen molar-refractivity contribution in [1.82, 2.24) is 14.4 Å². The fourth-order valence-corrected chi connectivity index (χ4v) is 3.72. The molecule has 0 bridgehead atoms. The van der Waals surface area contributed by atoms with Gasteiger partial charge in [0.2, 0.25) is 6.41 Å². The summed E-state index contributed by atoms with van der Waals surface area (Å²) >= 11 is 0. The molecule has 0 N–H and O–H groups in total. The Kier molecular flexibility index (Phi) is 5.23. The number of nitrogens with zero attached hydrogens (tertiary/aromatic N) is 3. The highest BCUT2D eigenvalue weighted by atomic mass is 19.1. The first-order chi connectivity index (χ1) is 12.1. The molecule has 0 saturated carbocycles. The van der Waals surface area contributed by atoms with Gasteiger partial charge in [0, 0.05) is 43.3 Å². The number of amides is 1. The molecule has 2 aliphatic rings. The van der Waals surface area contributed by atoms with Gasteiger partial charge < -0.3 is 9.47 Å². The zero-order chi connectivity index (χ0) is 18.0. The summed E-state index contributed by atoms with van der Waals surface area (Å²) in [4.78, 5) is 13.9. The van der Waals surface area contributed by atoms with Gasteiger partial charge in [0.25, 0.3) is 0 Å². The molecule has 3 heterocycles. The minimum atomic E-state index is -0.0892. The van der Waals surface area contributed by atoms with E-state index in [2.05, 4.69) is 34.9 Å². The Labute approximate surface area is 148 Å². The van der Waals surface area contributed by atoms with Crippen LogP contribution in [0.25, 0.3) is 16.5 Å². The molecule has 0 spiro atoms. The van der Waals surface area contributed by atoms with Crippen LogP contribution in [0.2, 0.25) is 0 Å². The summed E-state index contributed by atoms with van der Waals surface area (Å²) in [5, 5.41) is 1.14. The maximum atomic E-state index is 14.2. The first kappa shape index (κ1) is 17.7. The second-order valence-electron chi connectivity index (χ2n) is 6.60. The third-order valence-corrected chi connectivity index (χ3v) is 5.24. The Balaban J connectivity index is 0.000000225. The molecular formula is C20H26FN3O. The molecule has 4 rings (SSSR count). The number of rotatable bonds is 3. The van der Waals surface area contributed by atoms with E-state index in [4.69, 9.17) is 0 Å². The molecule has 0 fully saturated rings. The van der Waals surface area contributed by atoms with Crippen molar-refractivity contribution in [2.24, 2.45) is 0 Å². The van der Waals surface area contributed by atoms with Crippen molar-refractivity contribution in [3.63, 3.8) is 0 Å². The van der Waals surface area contributed by atoms with Crippen LogP contribution in [0.4, 0.5) is 4.39 Å². The van der Waals surface area contributed by atoms with E-state index in [0.29, 0.717) is 6.04 Å². The number of aromatic nitrogens is 1. The van der Waals surface area contributed by atoms with Crippen LogP contribution in [0.1, 0.15) is 25.8 Å². The molecule has 4 nitrogen and oxygen atoms in total. The zero-order valence-corrected chi connectivity index (χ0v) is 15.2. The first-order valence-electron chi connectivity index (χ1n) is 8.98. The van der Waals surface area contributed by atoms with Crippen LogP contribution >= 0.6 is 0 Å². The van der Waals surface area contributed by atoms with Crippen molar-refractivity contribution in [3.8, 4) is 0 Å². The van der Waals surface area contributed by atoms with Gasteiger partial charge >= 0.3 is 0 Å². The average Bonchev–Trinajstić information content (AvgIpc) is 3.04. The lowest BCUT2D eigenvalue weighted by Gasteiger charge is -2.37. The third-order valence-electron chi connectivity index (χ3n) is 5.24. The highest BCUT2D eigenvalue weighted by Gasteiger charge is 2.31. The summed E-state index contributed by atoms with van der Waals surface area (Å²) in [7, 11) is 2.13. The third kappa shape index (κ3) is 3.21. The number of fused-ring (bicyclic) bond motifs is 2. The van der Waals surface area contributed by atoms with Gasteiger partial charge in [0.05, 0.1) is 11.6 Å². The highest BCUT2D eigenvalue weighted by molar-refractivity contribution is 5.95. The molecule has 1 unspecified atom stereocenters. The van der Waals surface area contributed by atoms with Crippen LogP contribution < -0.4 is 0 Å². The highest BCUT2D eigenvalue weighted by Crippen LogP contribution is 2.38. The molecule has 1 aromatic carbocycles. The molecule has 2 aliphatic heterocycles. The van der Waals surface area contributed by atoms with Crippen molar-refractivity contribution < 1.29 is 9.18 Å². The summed E-state index contributed by atoms with van der Waals surface area (Å²) in [5.41, 5.74) is 3.06. The molecular weight excluding hydrogens is 317 g/mol. The molecule has 134 valence electrons. The SMILES string of the molecule is CCN(C=O)CC.CN1CCC=C2c3c(F)ccc4ccn(c34)CC21. The van der Waals surface area contributed by atoms with Crippen molar-refractivity contribution >= 4 is 22.9 Å². The zero-order valence-electron chi connectivity index (χ0n) is 15.2. The number of likely N-dealkylation sites (N-methyl/N-ethyl adjacent to an activating group) is 1. The number of benzene rings is 1. The largest absolute Gasteiger partial charge is 0.346 e. The van der Waals surface area contributed by atoms with Crippen molar-refractivity contribution in [3.05, 3.63) is 41.9 Å². The molecule has 0 aliphatic carbocycles. The van der Waals surface area contributed by atoms with Gasteiger partial charge in [-0.05, 0) is 51.1 Å². The summed E-state index contributed by atoms with van der Waals surface area (Å²) in [6.45, 7) is 7.54. The number of carbonyl (C=O) groups excluding carboxylic acids is 1. The van der Waals surface area contributed by atoms with Gasteiger partial charge in [-0.3, -0.25) is 9.69 Å². The van der Waals surface area contributed by atoms with E-state index in [1.807, 2.05) is 19.9 Å². The molecule has 1 atom stereocenters. The predicted molar refractivity (Wildman–Crippen MR) is 99.9 cm³/mol. The quantitative estimate of drug-likeness (QED) is 0.800. The fraction of sp³-hybridized carbons (Fsp3) is 0.450. The van der Waals surface area contributed by atoms with Crippen LogP contribution in [0.3, 0.4) is 0 Å². The van der Waals surface area contributed by atoms with Gasteiger partial charge in [0.15, 0.2) is 0 Å². The molecule has 0 radical (unpaired) electrons. The van der Waals surface area contributed by atoms with Crippen LogP contribution in [0, 0.1) is 5.82 Å². The Morgan fingerprint density at radius 2 is 2.04 bits per heavy atom. The summed E-state index contributed by atoms with van der Waals surface area (Å²) in [5.74, 6) is -0.0892. The molecule has 2 aromatic rings. The van der Waals surface area contributed by atoms with Crippen LogP contribution in [-0.4, -0.2) is 53.5 Å². The Hall–Kier alpha value is -2.14. The normalized spacial score (nSPS) is 18.9. The summed E-state index contributed by atoms with van der Waals surface area (Å²) in [6.07, 6.45) is 6.17. The molecule has 1 aromatic heterocycles. The van der Waals surface area contributed by atoms with E-state index in [9.17, 15) is 9.18 Å². The van der Waals surface area contributed by atoms with Gasteiger partial charge in [0.1, 0.15) is 5.82 Å². The lowest BCUT2D eigenvalue weighted by atomic mass is 9.89. The molecule has 1 amide bonds. The standard InChI is InChI=1S/C15H15FN2.C5H11NO/c1-17-7-2-3-11-13(17)9-18-8-6-10-4-5-12(16)14(11)15(10)18;1-3-6(4-2)5-7/h3-6,8,13H,2,7,9H2,1H3;5H,3-4H2,1-2H3. The van der Waals surface area contributed by atoms with Crippen molar-refractivity contribution in [2.75, 3.05) is 26.7 Å². The fourth-order valence-electron chi connectivity index (χ4n) is 3.72. The van der Waals surface area contributed by atoms with E-state index in [-0.39, 0.29) is 5.82 Å². The lowest BCUT2D eigenvalue weighted by molar-refractivity contribution is -0.117. The van der Waals surface area contributed by atoms with Gasteiger partial charge in [-0.25, -0.2) is 4.39 Å². The first-order valence-corrected chi connectivity index (χ1v) is 8.98. The Morgan fingerprint density at radius 1 is 1.28 bits per heavy atom. The number of hydrogen-bond donors (Lipinski definition) is 0. The van der Waals surface area contributed by atoms with E-state index in [1.165, 1.54) is 5.57 Å². The van der Waals surface area contributed by atoms with Gasteiger partial charge in [-0.2, -0.15) is 0 Å². The second kappa shape index (κ2) is 7.40. The maximum Gasteiger partial charge on any atom is 0.209 e. The van der Waals surface area contributed by atoms with Crippen molar-refractivity contribution in [1.29, 1.82) is 0 Å². The molecule has 0 saturated heterocycles. The number of carbonyl (C=O) groups is 1. The number of halogens is 1. The Morgan fingerprint density at radius 3 is 2.68 bits per heavy atom. The summed E-state index contributed by atoms with van der Waals surface area (Å²) in [6, 6.07) is 5.87. The predicted octanol–water partition coefficient (Wildman–Crippen LogP) is 3.37. The van der Waals surface area contributed by atoms with Crippen LogP contribution in [0.5, 0.6) is 0 Å². The van der Waals surface area contributed by atoms with Crippen LogP contribution in [-0.2, 0) is 11.3 Å². The van der Waals surface area contributed by atoms with Gasteiger partial charge in [-0.1, -0.05) is 6.08 Å². The molecule has 5 heteroatoms.